The first-order chi connectivity index (χ1) is 7.48. The molecule has 1 rings (SSSR count). The lowest BCUT2D eigenvalue weighted by molar-refractivity contribution is -0.148. The molecule has 1 atom stereocenters. The molecule has 1 aliphatic carbocycles. The van der Waals surface area contributed by atoms with Gasteiger partial charge in [0.15, 0.2) is 6.04 Å². The van der Waals surface area contributed by atoms with Crippen LogP contribution in [0.5, 0.6) is 0 Å². The fourth-order valence-corrected chi connectivity index (χ4v) is 1.46. The van der Waals surface area contributed by atoms with E-state index in [-0.39, 0.29) is 13.2 Å². The molecule has 1 unspecified atom stereocenters. The highest BCUT2D eigenvalue weighted by Gasteiger charge is 2.35. The molecule has 16 heavy (non-hydrogen) atoms. The fourth-order valence-electron chi connectivity index (χ4n) is 1.46. The second-order valence-electron chi connectivity index (χ2n) is 4.03. The first-order valence-corrected chi connectivity index (χ1v) is 5.41. The summed E-state index contributed by atoms with van der Waals surface area (Å²) in [6.07, 6.45) is 2.29. The molecule has 0 heterocycles. The average Bonchev–Trinajstić information content (AvgIpc) is 2.22. The second kappa shape index (κ2) is 5.27. The number of nitrogens with one attached hydrogen (secondary N) is 1. The predicted octanol–water partition coefficient (Wildman–Crippen LogP) is -1.09. The van der Waals surface area contributed by atoms with E-state index in [0.29, 0.717) is 12.8 Å². The molecular weight excluding hydrogens is 212 g/mol. The molecule has 0 aliphatic heterocycles. The van der Waals surface area contributed by atoms with Gasteiger partial charge in [-0.3, -0.25) is 4.79 Å². The zero-order chi connectivity index (χ0) is 12.2. The predicted molar refractivity (Wildman–Crippen MR) is 56.4 cm³/mol. The van der Waals surface area contributed by atoms with Crippen LogP contribution < -0.4 is 11.1 Å². The lowest BCUT2D eigenvalue weighted by Crippen LogP contribution is -2.53. The molecule has 0 radical (unpaired) electrons. The molecular formula is C10H18N2O4. The van der Waals surface area contributed by atoms with E-state index in [4.69, 9.17) is 5.73 Å². The van der Waals surface area contributed by atoms with Gasteiger partial charge >= 0.3 is 5.97 Å². The van der Waals surface area contributed by atoms with Crippen molar-refractivity contribution in [3.8, 4) is 0 Å². The number of ether oxygens (including phenoxy) is 1. The third kappa shape index (κ3) is 3.18. The molecule has 6 heteroatoms. The van der Waals surface area contributed by atoms with Crippen molar-refractivity contribution in [2.75, 3.05) is 13.2 Å². The maximum absolute atomic E-state index is 11.4. The molecule has 0 aromatic heterocycles. The van der Waals surface area contributed by atoms with Gasteiger partial charge in [0.2, 0.25) is 5.91 Å². The van der Waals surface area contributed by atoms with Crippen LogP contribution in [-0.2, 0) is 14.3 Å². The van der Waals surface area contributed by atoms with Gasteiger partial charge in [0.1, 0.15) is 0 Å². The fraction of sp³-hybridized carbons (Fsp3) is 0.800. The van der Waals surface area contributed by atoms with E-state index in [2.05, 4.69) is 10.1 Å². The highest BCUT2D eigenvalue weighted by atomic mass is 16.5. The second-order valence-corrected chi connectivity index (χ2v) is 4.03. The van der Waals surface area contributed by atoms with Crippen molar-refractivity contribution in [2.45, 2.75) is 37.8 Å². The summed E-state index contributed by atoms with van der Waals surface area (Å²) in [5.41, 5.74) is 4.55. The summed E-state index contributed by atoms with van der Waals surface area (Å²) in [5, 5.41) is 12.2. The Hall–Kier alpha value is -1.14. The maximum Gasteiger partial charge on any atom is 0.332 e. The van der Waals surface area contributed by atoms with Crippen LogP contribution in [0.2, 0.25) is 0 Å². The molecule has 4 N–H and O–H groups in total. The number of hydrogen-bond acceptors (Lipinski definition) is 5. The SMILES string of the molecule is CCOC(=O)C(N)C(=O)NCC1(O)CCC1. The van der Waals surface area contributed by atoms with Crippen LogP contribution >= 0.6 is 0 Å². The van der Waals surface area contributed by atoms with Crippen LogP contribution in [0.15, 0.2) is 0 Å². The van der Waals surface area contributed by atoms with Crippen LogP contribution in [0.25, 0.3) is 0 Å². The lowest BCUT2D eigenvalue weighted by atomic mass is 9.80. The van der Waals surface area contributed by atoms with Gasteiger partial charge < -0.3 is 20.9 Å². The molecule has 1 fully saturated rings. The van der Waals surface area contributed by atoms with Gasteiger partial charge in [-0.25, -0.2) is 4.79 Å². The Balaban J connectivity index is 2.31. The van der Waals surface area contributed by atoms with Crippen molar-refractivity contribution in [2.24, 2.45) is 5.73 Å². The molecule has 1 aliphatic rings. The smallest absolute Gasteiger partial charge is 0.332 e. The van der Waals surface area contributed by atoms with Crippen molar-refractivity contribution in [1.82, 2.24) is 5.32 Å². The zero-order valence-corrected chi connectivity index (χ0v) is 9.36. The number of aliphatic hydroxyl groups is 1. The van der Waals surface area contributed by atoms with Crippen molar-refractivity contribution < 1.29 is 19.4 Å². The maximum atomic E-state index is 11.4. The van der Waals surface area contributed by atoms with Gasteiger partial charge in [-0.1, -0.05) is 0 Å². The van der Waals surface area contributed by atoms with E-state index in [1.54, 1.807) is 6.92 Å². The van der Waals surface area contributed by atoms with Crippen molar-refractivity contribution in [3.63, 3.8) is 0 Å². The van der Waals surface area contributed by atoms with Gasteiger partial charge in [0.25, 0.3) is 0 Å². The standard InChI is InChI=1S/C10H18N2O4/c1-2-16-9(14)7(11)8(13)12-6-10(15)4-3-5-10/h7,15H,2-6,11H2,1H3,(H,12,13). The minimum absolute atomic E-state index is 0.138. The summed E-state index contributed by atoms with van der Waals surface area (Å²) in [7, 11) is 0. The molecule has 6 nitrogen and oxygen atoms in total. The van der Waals surface area contributed by atoms with E-state index >= 15 is 0 Å². The minimum atomic E-state index is -1.32. The first-order valence-electron chi connectivity index (χ1n) is 5.41. The Kier molecular flexibility index (Phi) is 4.26. The number of nitrogens with two attached hydrogens (primary N) is 1. The molecule has 1 amide bonds. The third-order valence-electron chi connectivity index (χ3n) is 2.70. The van der Waals surface area contributed by atoms with Crippen molar-refractivity contribution in [3.05, 3.63) is 0 Å². The summed E-state index contributed by atoms with van der Waals surface area (Å²) in [4.78, 5) is 22.5. The number of esters is 1. The van der Waals surface area contributed by atoms with Crippen LogP contribution in [0.1, 0.15) is 26.2 Å². The first kappa shape index (κ1) is 12.9. The minimum Gasteiger partial charge on any atom is -0.464 e. The summed E-state index contributed by atoms with van der Waals surface area (Å²) < 4.78 is 4.61. The number of rotatable bonds is 5. The van der Waals surface area contributed by atoms with Gasteiger partial charge in [-0.05, 0) is 26.2 Å². The zero-order valence-electron chi connectivity index (χ0n) is 9.36. The Morgan fingerprint density at radius 1 is 1.56 bits per heavy atom. The lowest BCUT2D eigenvalue weighted by Gasteiger charge is -2.36. The summed E-state index contributed by atoms with van der Waals surface area (Å²) in [5.74, 6) is -1.36. The Labute approximate surface area is 94.1 Å². The Bertz CT molecular complexity index is 276. The molecule has 92 valence electrons. The Morgan fingerprint density at radius 2 is 2.19 bits per heavy atom. The van der Waals surface area contributed by atoms with E-state index in [1.807, 2.05) is 0 Å². The molecule has 0 saturated heterocycles. The number of carbonyl (C=O) groups is 2. The van der Waals surface area contributed by atoms with E-state index < -0.39 is 23.5 Å². The highest BCUT2D eigenvalue weighted by Crippen LogP contribution is 2.30. The topological polar surface area (TPSA) is 102 Å². The van der Waals surface area contributed by atoms with Crippen LogP contribution in [0.4, 0.5) is 0 Å². The molecule has 0 aromatic carbocycles. The Morgan fingerprint density at radius 3 is 2.62 bits per heavy atom. The van der Waals surface area contributed by atoms with Crippen molar-refractivity contribution >= 4 is 11.9 Å². The largest absolute Gasteiger partial charge is 0.464 e. The van der Waals surface area contributed by atoms with Crippen LogP contribution in [0.3, 0.4) is 0 Å². The monoisotopic (exact) mass is 230 g/mol. The third-order valence-corrected chi connectivity index (χ3v) is 2.70. The van der Waals surface area contributed by atoms with Crippen LogP contribution in [0, 0.1) is 0 Å². The van der Waals surface area contributed by atoms with E-state index in [0.717, 1.165) is 6.42 Å². The van der Waals surface area contributed by atoms with Gasteiger partial charge in [-0.2, -0.15) is 0 Å². The van der Waals surface area contributed by atoms with Gasteiger partial charge in [0.05, 0.1) is 12.2 Å². The summed E-state index contributed by atoms with van der Waals surface area (Å²) in [6.45, 7) is 1.96. The quantitative estimate of drug-likeness (QED) is 0.411. The molecule has 0 aromatic rings. The average molecular weight is 230 g/mol. The van der Waals surface area contributed by atoms with Crippen molar-refractivity contribution in [1.29, 1.82) is 0 Å². The normalized spacial score (nSPS) is 19.4. The number of hydrogen-bond donors (Lipinski definition) is 3. The number of amides is 1. The highest BCUT2D eigenvalue weighted by molar-refractivity contribution is 6.01. The van der Waals surface area contributed by atoms with Gasteiger partial charge in [-0.15, -0.1) is 0 Å². The molecule has 0 bridgehead atoms. The summed E-state index contributed by atoms with van der Waals surface area (Å²) >= 11 is 0. The molecule has 0 spiro atoms. The molecule has 1 saturated carbocycles. The van der Waals surface area contributed by atoms with E-state index in [1.165, 1.54) is 0 Å². The van der Waals surface area contributed by atoms with Gasteiger partial charge in [0, 0.05) is 6.54 Å². The summed E-state index contributed by atoms with van der Waals surface area (Å²) in [6, 6.07) is -1.32. The van der Waals surface area contributed by atoms with Crippen LogP contribution in [-0.4, -0.2) is 41.8 Å². The number of carbonyl (C=O) groups excluding carboxylic acids is 2. The van der Waals surface area contributed by atoms with E-state index in [9.17, 15) is 14.7 Å².